The van der Waals surface area contributed by atoms with Crippen LogP contribution in [-0.2, 0) is 6.42 Å². The van der Waals surface area contributed by atoms with Crippen molar-refractivity contribution in [3.63, 3.8) is 0 Å². The van der Waals surface area contributed by atoms with Crippen LogP contribution in [0.3, 0.4) is 0 Å². The van der Waals surface area contributed by atoms with Crippen LogP contribution in [0.4, 0.5) is 0 Å². The number of benzene rings is 2. The molecule has 1 aliphatic rings. The molecule has 21 heavy (non-hydrogen) atoms. The van der Waals surface area contributed by atoms with Gasteiger partial charge in [0.15, 0.2) is 0 Å². The van der Waals surface area contributed by atoms with Gasteiger partial charge in [0, 0.05) is 24.9 Å². The van der Waals surface area contributed by atoms with Crippen molar-refractivity contribution in [2.75, 3.05) is 12.4 Å². The SMILES string of the molecule is Cc1ccc2c(c1)CC(CNC(CCl)c1ccccc1)O2. The zero-order valence-corrected chi connectivity index (χ0v) is 12.9. The fraction of sp³-hybridized carbons (Fsp3) is 0.333. The average Bonchev–Trinajstić information content (AvgIpc) is 2.91. The van der Waals surface area contributed by atoms with Crippen LogP contribution in [0.15, 0.2) is 48.5 Å². The minimum absolute atomic E-state index is 0.168. The molecule has 2 atom stereocenters. The standard InChI is InChI=1S/C18H20ClNO/c1-13-7-8-18-15(9-13)10-16(21-18)12-20-17(11-19)14-5-3-2-4-6-14/h2-9,16-17,20H,10-12H2,1H3. The molecule has 3 rings (SSSR count). The minimum atomic E-state index is 0.168. The maximum Gasteiger partial charge on any atom is 0.123 e. The van der Waals surface area contributed by atoms with Gasteiger partial charge in [0.25, 0.3) is 0 Å². The van der Waals surface area contributed by atoms with Crippen molar-refractivity contribution in [3.8, 4) is 5.75 Å². The van der Waals surface area contributed by atoms with Crippen molar-refractivity contribution in [2.24, 2.45) is 0 Å². The van der Waals surface area contributed by atoms with Crippen LogP contribution >= 0.6 is 11.6 Å². The molecule has 110 valence electrons. The molecule has 1 aliphatic heterocycles. The molecule has 0 fully saturated rings. The Hall–Kier alpha value is -1.51. The lowest BCUT2D eigenvalue weighted by Gasteiger charge is -2.19. The normalized spacial score (nSPS) is 18.1. The monoisotopic (exact) mass is 301 g/mol. The van der Waals surface area contributed by atoms with Crippen LogP contribution < -0.4 is 10.1 Å². The summed E-state index contributed by atoms with van der Waals surface area (Å²) in [6.07, 6.45) is 1.16. The molecule has 0 amide bonds. The van der Waals surface area contributed by atoms with Gasteiger partial charge < -0.3 is 10.1 Å². The summed E-state index contributed by atoms with van der Waals surface area (Å²) in [5.74, 6) is 1.58. The summed E-state index contributed by atoms with van der Waals surface area (Å²) in [6.45, 7) is 2.92. The Morgan fingerprint density at radius 1 is 1.24 bits per heavy atom. The first kappa shape index (κ1) is 14.4. The van der Waals surface area contributed by atoms with Crippen molar-refractivity contribution in [1.29, 1.82) is 0 Å². The van der Waals surface area contributed by atoms with E-state index < -0.39 is 0 Å². The van der Waals surface area contributed by atoms with Gasteiger partial charge in [0.1, 0.15) is 11.9 Å². The van der Waals surface area contributed by atoms with Gasteiger partial charge in [-0.2, -0.15) is 0 Å². The van der Waals surface area contributed by atoms with E-state index in [0.29, 0.717) is 5.88 Å². The molecule has 2 aromatic carbocycles. The first-order chi connectivity index (χ1) is 10.3. The Labute approximate surface area is 131 Å². The topological polar surface area (TPSA) is 21.3 Å². The fourth-order valence-electron chi connectivity index (χ4n) is 2.78. The molecular weight excluding hydrogens is 282 g/mol. The Morgan fingerprint density at radius 2 is 2.05 bits per heavy atom. The molecule has 0 radical (unpaired) electrons. The largest absolute Gasteiger partial charge is 0.488 e. The average molecular weight is 302 g/mol. The van der Waals surface area contributed by atoms with Gasteiger partial charge in [0.2, 0.25) is 0 Å². The summed E-state index contributed by atoms with van der Waals surface area (Å²) in [4.78, 5) is 0. The fourth-order valence-corrected chi connectivity index (χ4v) is 3.07. The molecular formula is C18H20ClNO. The minimum Gasteiger partial charge on any atom is -0.488 e. The summed E-state index contributed by atoms with van der Waals surface area (Å²) in [7, 11) is 0. The van der Waals surface area contributed by atoms with Crippen molar-refractivity contribution >= 4 is 11.6 Å². The number of halogens is 1. The van der Waals surface area contributed by atoms with Crippen molar-refractivity contribution < 1.29 is 4.74 Å². The predicted molar refractivity (Wildman–Crippen MR) is 87.2 cm³/mol. The van der Waals surface area contributed by atoms with E-state index in [1.165, 1.54) is 16.7 Å². The molecule has 3 heteroatoms. The number of nitrogens with one attached hydrogen (secondary N) is 1. The second-order valence-corrected chi connectivity index (χ2v) is 5.89. The summed E-state index contributed by atoms with van der Waals surface area (Å²) in [5, 5.41) is 3.52. The van der Waals surface area contributed by atoms with E-state index in [-0.39, 0.29) is 12.1 Å². The number of aryl methyl sites for hydroxylation is 1. The number of rotatable bonds is 5. The highest BCUT2D eigenvalue weighted by molar-refractivity contribution is 6.18. The second-order valence-electron chi connectivity index (χ2n) is 5.58. The Bertz CT molecular complexity index is 599. The summed E-state index contributed by atoms with van der Waals surface area (Å²) >= 11 is 6.09. The number of ether oxygens (including phenoxy) is 1. The van der Waals surface area contributed by atoms with E-state index >= 15 is 0 Å². The summed E-state index contributed by atoms with van der Waals surface area (Å²) in [6, 6.07) is 16.9. The maximum absolute atomic E-state index is 6.09. The van der Waals surface area contributed by atoms with Crippen molar-refractivity contribution in [2.45, 2.75) is 25.5 Å². The lowest BCUT2D eigenvalue weighted by Crippen LogP contribution is -2.33. The van der Waals surface area contributed by atoms with Crippen LogP contribution in [-0.4, -0.2) is 18.5 Å². The number of fused-ring (bicyclic) bond motifs is 1. The molecule has 0 saturated carbocycles. The van der Waals surface area contributed by atoms with Gasteiger partial charge in [-0.15, -0.1) is 11.6 Å². The van der Waals surface area contributed by atoms with E-state index in [4.69, 9.17) is 16.3 Å². The molecule has 0 aliphatic carbocycles. The van der Waals surface area contributed by atoms with E-state index in [1.54, 1.807) is 0 Å². The quantitative estimate of drug-likeness (QED) is 0.847. The van der Waals surface area contributed by atoms with Gasteiger partial charge in [-0.25, -0.2) is 0 Å². The zero-order valence-electron chi connectivity index (χ0n) is 12.2. The third-order valence-corrected chi connectivity index (χ3v) is 4.21. The van der Waals surface area contributed by atoms with Gasteiger partial charge in [-0.1, -0.05) is 48.0 Å². The highest BCUT2D eigenvalue weighted by Gasteiger charge is 2.23. The summed E-state index contributed by atoms with van der Waals surface area (Å²) in [5.41, 5.74) is 3.82. The molecule has 2 aromatic rings. The van der Waals surface area contributed by atoms with Gasteiger partial charge in [-0.05, 0) is 24.1 Å². The van der Waals surface area contributed by atoms with Crippen molar-refractivity contribution in [1.82, 2.24) is 5.32 Å². The molecule has 0 spiro atoms. The van der Waals surface area contributed by atoms with Crippen LogP contribution in [0.25, 0.3) is 0 Å². The Morgan fingerprint density at radius 3 is 2.81 bits per heavy atom. The molecule has 2 unspecified atom stereocenters. The van der Waals surface area contributed by atoms with Gasteiger partial charge >= 0.3 is 0 Å². The molecule has 2 nitrogen and oxygen atoms in total. The van der Waals surface area contributed by atoms with Crippen LogP contribution in [0, 0.1) is 6.92 Å². The first-order valence-electron chi connectivity index (χ1n) is 7.37. The summed E-state index contributed by atoms with van der Waals surface area (Å²) < 4.78 is 5.99. The Kier molecular flexibility index (Phi) is 4.47. The lowest BCUT2D eigenvalue weighted by molar-refractivity contribution is 0.223. The highest BCUT2D eigenvalue weighted by Crippen LogP contribution is 2.29. The smallest absolute Gasteiger partial charge is 0.123 e. The molecule has 1 heterocycles. The highest BCUT2D eigenvalue weighted by atomic mass is 35.5. The molecule has 0 saturated heterocycles. The van der Waals surface area contributed by atoms with Crippen LogP contribution in [0.1, 0.15) is 22.7 Å². The Balaban J connectivity index is 1.59. The van der Waals surface area contributed by atoms with Crippen LogP contribution in [0.2, 0.25) is 0 Å². The number of hydrogen-bond donors (Lipinski definition) is 1. The number of alkyl halides is 1. The predicted octanol–water partition coefficient (Wildman–Crippen LogP) is 3.87. The third kappa shape index (κ3) is 3.39. The molecule has 1 N–H and O–H groups in total. The number of hydrogen-bond acceptors (Lipinski definition) is 2. The van der Waals surface area contributed by atoms with E-state index in [2.05, 4.69) is 42.6 Å². The molecule has 0 bridgehead atoms. The van der Waals surface area contributed by atoms with E-state index in [9.17, 15) is 0 Å². The zero-order chi connectivity index (χ0) is 14.7. The second kappa shape index (κ2) is 6.50. The van der Waals surface area contributed by atoms with Crippen molar-refractivity contribution in [3.05, 3.63) is 65.2 Å². The van der Waals surface area contributed by atoms with Crippen LogP contribution in [0.5, 0.6) is 5.75 Å². The first-order valence-corrected chi connectivity index (χ1v) is 7.90. The molecule has 0 aromatic heterocycles. The van der Waals surface area contributed by atoms with Gasteiger partial charge in [-0.3, -0.25) is 0 Å². The third-order valence-electron chi connectivity index (χ3n) is 3.91. The van der Waals surface area contributed by atoms with Gasteiger partial charge in [0.05, 0.1) is 0 Å². The van der Waals surface area contributed by atoms with E-state index in [1.807, 2.05) is 18.2 Å². The lowest BCUT2D eigenvalue weighted by atomic mass is 10.1. The maximum atomic E-state index is 6.09. The van der Waals surface area contributed by atoms with E-state index in [0.717, 1.165) is 18.7 Å².